The molecule has 0 saturated carbocycles. The zero-order chi connectivity index (χ0) is 11.6. The average Bonchev–Trinajstić information content (AvgIpc) is 2.15. The first-order valence-electron chi connectivity index (χ1n) is 4.17. The van der Waals surface area contributed by atoms with Gasteiger partial charge < -0.3 is 14.6 Å². The Bertz CT molecular complexity index is 401. The number of halogens is 1. The summed E-state index contributed by atoms with van der Waals surface area (Å²) in [6.07, 6.45) is 0. The van der Waals surface area contributed by atoms with Gasteiger partial charge in [0.2, 0.25) is 0 Å². The summed E-state index contributed by atoms with van der Waals surface area (Å²) in [5, 5.41) is 9.04. The van der Waals surface area contributed by atoms with Crippen LogP contribution >= 0.6 is 15.9 Å². The van der Waals surface area contributed by atoms with Crippen LogP contribution in [0.2, 0.25) is 0 Å². The van der Waals surface area contributed by atoms with Crippen LogP contribution in [0.5, 0.6) is 11.5 Å². The molecule has 1 rings (SSSR count). The number of carboxylic acid groups (broad SMARTS) is 1. The molecular formula is C10H11BrO4. The number of hydrogen-bond acceptors (Lipinski definition) is 3. The quantitative estimate of drug-likeness (QED) is 0.920. The molecule has 0 saturated heterocycles. The van der Waals surface area contributed by atoms with E-state index in [0.29, 0.717) is 15.8 Å². The van der Waals surface area contributed by atoms with Crippen molar-refractivity contribution in [2.45, 2.75) is 6.92 Å². The number of ether oxygens (including phenoxy) is 2. The van der Waals surface area contributed by atoms with E-state index in [2.05, 4.69) is 15.9 Å². The van der Waals surface area contributed by atoms with Crippen molar-refractivity contribution in [1.82, 2.24) is 0 Å². The Morgan fingerprint density at radius 1 is 1.33 bits per heavy atom. The van der Waals surface area contributed by atoms with Gasteiger partial charge in [-0.25, -0.2) is 4.79 Å². The monoisotopic (exact) mass is 274 g/mol. The summed E-state index contributed by atoms with van der Waals surface area (Å²) in [6, 6.07) is 1.69. The summed E-state index contributed by atoms with van der Waals surface area (Å²) in [7, 11) is 2.87. The lowest BCUT2D eigenvalue weighted by Gasteiger charge is -2.14. The van der Waals surface area contributed by atoms with Crippen molar-refractivity contribution in [3.05, 3.63) is 21.7 Å². The normalized spacial score (nSPS) is 9.87. The van der Waals surface area contributed by atoms with Gasteiger partial charge in [0.1, 0.15) is 5.56 Å². The van der Waals surface area contributed by atoms with Crippen molar-refractivity contribution in [3.63, 3.8) is 0 Å². The molecule has 1 aromatic rings. The van der Waals surface area contributed by atoms with Gasteiger partial charge in [0.25, 0.3) is 0 Å². The molecule has 0 aliphatic heterocycles. The Hall–Kier alpha value is -1.23. The summed E-state index contributed by atoms with van der Waals surface area (Å²) in [5.41, 5.74) is 0.740. The minimum atomic E-state index is -1.03. The molecule has 0 spiro atoms. The lowest BCUT2D eigenvalue weighted by atomic mass is 10.1. The number of aryl methyl sites for hydroxylation is 1. The Morgan fingerprint density at radius 3 is 2.27 bits per heavy atom. The van der Waals surface area contributed by atoms with Gasteiger partial charge in [-0.2, -0.15) is 0 Å². The van der Waals surface area contributed by atoms with E-state index in [4.69, 9.17) is 14.6 Å². The summed E-state index contributed by atoms with van der Waals surface area (Å²) < 4.78 is 10.8. The van der Waals surface area contributed by atoms with E-state index in [1.807, 2.05) is 0 Å². The molecule has 82 valence electrons. The molecule has 1 aromatic carbocycles. The number of benzene rings is 1. The first-order chi connectivity index (χ1) is 7.02. The van der Waals surface area contributed by atoms with E-state index in [1.54, 1.807) is 13.0 Å². The van der Waals surface area contributed by atoms with E-state index in [0.717, 1.165) is 0 Å². The minimum absolute atomic E-state index is 0.123. The second kappa shape index (κ2) is 4.53. The van der Waals surface area contributed by atoms with Gasteiger partial charge in [0, 0.05) is 0 Å². The second-order valence-corrected chi connectivity index (χ2v) is 3.78. The second-order valence-electron chi connectivity index (χ2n) is 2.92. The van der Waals surface area contributed by atoms with Gasteiger partial charge in [-0.05, 0) is 34.5 Å². The Balaban J connectivity index is 3.56. The molecule has 0 amide bonds. The van der Waals surface area contributed by atoms with E-state index < -0.39 is 5.97 Å². The van der Waals surface area contributed by atoms with Gasteiger partial charge in [-0.3, -0.25) is 0 Å². The SMILES string of the molecule is COc1c(Br)cc(C)c(C(=O)O)c1OC. The topological polar surface area (TPSA) is 55.8 Å². The predicted octanol–water partition coefficient (Wildman–Crippen LogP) is 2.47. The largest absolute Gasteiger partial charge is 0.492 e. The number of methoxy groups -OCH3 is 2. The molecule has 15 heavy (non-hydrogen) atoms. The van der Waals surface area contributed by atoms with Crippen LogP contribution in [0.1, 0.15) is 15.9 Å². The van der Waals surface area contributed by atoms with Gasteiger partial charge in [0.15, 0.2) is 11.5 Å². The van der Waals surface area contributed by atoms with Gasteiger partial charge >= 0.3 is 5.97 Å². The maximum atomic E-state index is 11.0. The van der Waals surface area contributed by atoms with Crippen LogP contribution in [0, 0.1) is 6.92 Å². The highest BCUT2D eigenvalue weighted by molar-refractivity contribution is 9.10. The maximum absolute atomic E-state index is 11.0. The fourth-order valence-electron chi connectivity index (χ4n) is 1.38. The Labute approximate surface area is 95.9 Å². The van der Waals surface area contributed by atoms with E-state index in [-0.39, 0.29) is 11.3 Å². The third-order valence-electron chi connectivity index (χ3n) is 2.01. The number of aromatic carboxylic acids is 1. The van der Waals surface area contributed by atoms with Crippen LogP contribution in [0.3, 0.4) is 0 Å². The maximum Gasteiger partial charge on any atom is 0.339 e. The molecule has 0 aliphatic carbocycles. The summed E-state index contributed by atoms with van der Waals surface area (Å²) in [4.78, 5) is 11.0. The van der Waals surface area contributed by atoms with Crippen LogP contribution in [0.4, 0.5) is 0 Å². The minimum Gasteiger partial charge on any atom is -0.492 e. The van der Waals surface area contributed by atoms with Crippen molar-refractivity contribution < 1.29 is 19.4 Å². The van der Waals surface area contributed by atoms with Crippen LogP contribution in [-0.4, -0.2) is 25.3 Å². The highest BCUT2D eigenvalue weighted by Crippen LogP contribution is 2.39. The van der Waals surface area contributed by atoms with Gasteiger partial charge in [0.05, 0.1) is 18.7 Å². The Kier molecular flexibility index (Phi) is 3.57. The molecular weight excluding hydrogens is 264 g/mol. The Morgan fingerprint density at radius 2 is 1.87 bits per heavy atom. The summed E-state index contributed by atoms with van der Waals surface area (Å²) in [6.45, 7) is 1.70. The van der Waals surface area contributed by atoms with Crippen molar-refractivity contribution >= 4 is 21.9 Å². The molecule has 1 N–H and O–H groups in total. The fraction of sp³-hybridized carbons (Fsp3) is 0.300. The van der Waals surface area contributed by atoms with E-state index in [9.17, 15) is 4.79 Å². The van der Waals surface area contributed by atoms with Crippen LogP contribution in [-0.2, 0) is 0 Å². The molecule has 0 heterocycles. The number of rotatable bonds is 3. The molecule has 0 bridgehead atoms. The first kappa shape index (κ1) is 11.8. The summed E-state index contributed by atoms with van der Waals surface area (Å²) in [5.74, 6) is -0.410. The smallest absolute Gasteiger partial charge is 0.339 e. The molecule has 0 radical (unpaired) electrons. The highest BCUT2D eigenvalue weighted by atomic mass is 79.9. The molecule has 0 atom stereocenters. The van der Waals surface area contributed by atoms with Crippen LogP contribution in [0.15, 0.2) is 10.5 Å². The molecule has 0 fully saturated rings. The van der Waals surface area contributed by atoms with Crippen molar-refractivity contribution in [2.75, 3.05) is 14.2 Å². The zero-order valence-electron chi connectivity index (χ0n) is 8.63. The van der Waals surface area contributed by atoms with Crippen molar-refractivity contribution in [2.24, 2.45) is 0 Å². The summed E-state index contributed by atoms with van der Waals surface area (Å²) >= 11 is 3.28. The number of carbonyl (C=O) groups is 1. The standard InChI is InChI=1S/C10H11BrO4/c1-5-4-6(11)8(14-2)9(15-3)7(5)10(12)13/h4H,1-3H3,(H,12,13). The lowest BCUT2D eigenvalue weighted by molar-refractivity contribution is 0.0691. The van der Waals surface area contributed by atoms with Crippen LogP contribution < -0.4 is 9.47 Å². The van der Waals surface area contributed by atoms with Crippen molar-refractivity contribution in [3.8, 4) is 11.5 Å². The van der Waals surface area contributed by atoms with Crippen LogP contribution in [0.25, 0.3) is 0 Å². The highest BCUT2D eigenvalue weighted by Gasteiger charge is 2.21. The molecule has 4 nitrogen and oxygen atoms in total. The molecule has 0 aromatic heterocycles. The lowest BCUT2D eigenvalue weighted by Crippen LogP contribution is -2.05. The first-order valence-corrected chi connectivity index (χ1v) is 4.96. The zero-order valence-corrected chi connectivity index (χ0v) is 10.2. The van der Waals surface area contributed by atoms with E-state index in [1.165, 1.54) is 14.2 Å². The molecule has 0 aliphatic rings. The van der Waals surface area contributed by atoms with Gasteiger partial charge in [-0.1, -0.05) is 0 Å². The molecule has 0 unspecified atom stereocenters. The number of hydrogen-bond donors (Lipinski definition) is 1. The third kappa shape index (κ3) is 2.07. The third-order valence-corrected chi connectivity index (χ3v) is 2.60. The predicted molar refractivity (Wildman–Crippen MR) is 58.9 cm³/mol. The number of carboxylic acids is 1. The average molecular weight is 275 g/mol. The fourth-order valence-corrected chi connectivity index (χ4v) is 2.06. The molecule has 5 heteroatoms. The van der Waals surface area contributed by atoms with Gasteiger partial charge in [-0.15, -0.1) is 0 Å². The van der Waals surface area contributed by atoms with Crippen molar-refractivity contribution in [1.29, 1.82) is 0 Å². The van der Waals surface area contributed by atoms with E-state index >= 15 is 0 Å².